The van der Waals surface area contributed by atoms with Crippen molar-refractivity contribution in [1.82, 2.24) is 0 Å². The highest BCUT2D eigenvalue weighted by atomic mass is 16.1. The average Bonchev–Trinajstić information content (AvgIpc) is 2.62. The number of carbonyl (C=O) groups excluding carboxylic acids is 1. The van der Waals surface area contributed by atoms with Crippen molar-refractivity contribution in [2.45, 2.75) is 26.8 Å². The van der Waals surface area contributed by atoms with Gasteiger partial charge in [0, 0.05) is 5.56 Å². The number of likely N-dealkylation sites (N-methyl/N-ethyl adjacent to an activating group) is 1. The number of benzene rings is 1. The zero-order valence-electron chi connectivity index (χ0n) is 10.6. The molecule has 1 heterocycles. The summed E-state index contributed by atoms with van der Waals surface area (Å²) in [6, 6.07) is 10.4. The minimum absolute atomic E-state index is 0.406. The van der Waals surface area contributed by atoms with Gasteiger partial charge < -0.3 is 4.48 Å². The molecule has 0 amide bonds. The van der Waals surface area contributed by atoms with E-state index in [1.54, 1.807) is 0 Å². The summed E-state index contributed by atoms with van der Waals surface area (Å²) < 4.78 is 0.878. The largest absolute Gasteiger partial charge is 0.316 e. The van der Waals surface area contributed by atoms with Crippen molar-refractivity contribution in [3.05, 3.63) is 35.9 Å². The molecule has 0 bridgehead atoms. The number of rotatable bonds is 2. The van der Waals surface area contributed by atoms with Crippen LogP contribution in [-0.4, -0.2) is 30.4 Å². The van der Waals surface area contributed by atoms with Gasteiger partial charge in [-0.25, -0.2) is 0 Å². The third-order valence-corrected chi connectivity index (χ3v) is 2.90. The molecule has 0 aliphatic carbocycles. The second-order valence-electron chi connectivity index (χ2n) is 4.43. The molecular formula is C14H22NO+. The van der Waals surface area contributed by atoms with E-state index in [9.17, 15) is 4.79 Å². The van der Waals surface area contributed by atoms with E-state index in [0.29, 0.717) is 12.3 Å². The molecule has 0 spiro atoms. The Morgan fingerprint density at radius 3 is 2.31 bits per heavy atom. The van der Waals surface area contributed by atoms with Crippen LogP contribution in [0.15, 0.2) is 30.3 Å². The summed E-state index contributed by atoms with van der Waals surface area (Å²) in [5.41, 5.74) is 1.32. The lowest BCUT2D eigenvalue weighted by Gasteiger charge is -2.28. The molecule has 1 saturated heterocycles. The van der Waals surface area contributed by atoms with Gasteiger partial charge in [-0.05, 0) is 0 Å². The van der Waals surface area contributed by atoms with E-state index in [2.05, 4.69) is 31.3 Å². The molecule has 0 N–H and O–H groups in total. The number of ketones is 1. The highest BCUT2D eigenvalue weighted by molar-refractivity contribution is 5.80. The third-order valence-electron chi connectivity index (χ3n) is 2.90. The molecule has 0 radical (unpaired) electrons. The van der Waals surface area contributed by atoms with Gasteiger partial charge >= 0.3 is 0 Å². The first-order chi connectivity index (χ1) is 7.68. The zero-order valence-corrected chi connectivity index (χ0v) is 10.6. The van der Waals surface area contributed by atoms with Crippen molar-refractivity contribution < 1.29 is 9.28 Å². The molecular weight excluding hydrogens is 198 g/mol. The van der Waals surface area contributed by atoms with Gasteiger partial charge in [-0.1, -0.05) is 44.2 Å². The zero-order chi connectivity index (χ0) is 12.0. The summed E-state index contributed by atoms with van der Waals surface area (Å²) in [6.45, 7) is 6.68. The second kappa shape index (κ2) is 5.80. The lowest BCUT2D eigenvalue weighted by molar-refractivity contribution is -0.907. The fourth-order valence-corrected chi connectivity index (χ4v) is 2.14. The molecule has 1 aromatic rings. The quantitative estimate of drug-likeness (QED) is 0.700. The molecule has 0 aromatic heterocycles. The summed E-state index contributed by atoms with van der Waals surface area (Å²) >= 11 is 0. The van der Waals surface area contributed by atoms with Crippen LogP contribution in [-0.2, 0) is 11.3 Å². The molecule has 1 aliphatic rings. The summed E-state index contributed by atoms with van der Waals surface area (Å²) in [7, 11) is 2.16. The van der Waals surface area contributed by atoms with Crippen molar-refractivity contribution in [1.29, 1.82) is 0 Å². The van der Waals surface area contributed by atoms with E-state index >= 15 is 0 Å². The molecule has 1 atom stereocenters. The Labute approximate surface area is 98.5 Å². The Morgan fingerprint density at radius 1 is 1.19 bits per heavy atom. The van der Waals surface area contributed by atoms with Crippen molar-refractivity contribution in [2.24, 2.45) is 0 Å². The van der Waals surface area contributed by atoms with Crippen molar-refractivity contribution >= 4 is 5.78 Å². The predicted octanol–water partition coefficient (Wildman–Crippen LogP) is 2.63. The fraction of sp³-hybridized carbons (Fsp3) is 0.500. The first-order valence-corrected chi connectivity index (χ1v) is 6.07. The average molecular weight is 220 g/mol. The van der Waals surface area contributed by atoms with Crippen LogP contribution in [0.1, 0.15) is 25.8 Å². The van der Waals surface area contributed by atoms with Crippen LogP contribution in [0.3, 0.4) is 0 Å². The number of carbonyl (C=O) groups is 1. The van der Waals surface area contributed by atoms with Gasteiger partial charge in [-0.2, -0.15) is 0 Å². The Kier molecular flexibility index (Phi) is 4.69. The van der Waals surface area contributed by atoms with Gasteiger partial charge in [0.15, 0.2) is 5.78 Å². The van der Waals surface area contributed by atoms with E-state index in [0.717, 1.165) is 24.0 Å². The number of nitrogens with zero attached hydrogens (tertiary/aromatic N) is 1. The van der Waals surface area contributed by atoms with E-state index < -0.39 is 0 Å². The molecule has 1 fully saturated rings. The maximum absolute atomic E-state index is 11.2. The standard InChI is InChI=1S/C12H16NO.C2H6/c1-13(8-7-12(14)10-13)9-11-5-3-2-4-6-11;1-2/h2-6H,7-10H2,1H3;1-2H3/q+1;. The Balaban J connectivity index is 0.000000606. The normalized spacial score (nSPS) is 23.8. The molecule has 16 heavy (non-hydrogen) atoms. The smallest absolute Gasteiger partial charge is 0.192 e. The van der Waals surface area contributed by atoms with Gasteiger partial charge in [-0.3, -0.25) is 4.79 Å². The van der Waals surface area contributed by atoms with Gasteiger partial charge in [0.1, 0.15) is 13.1 Å². The van der Waals surface area contributed by atoms with E-state index in [1.165, 1.54) is 5.56 Å². The van der Waals surface area contributed by atoms with Gasteiger partial charge in [0.05, 0.1) is 20.0 Å². The highest BCUT2D eigenvalue weighted by Gasteiger charge is 2.32. The van der Waals surface area contributed by atoms with Crippen molar-refractivity contribution in [2.75, 3.05) is 20.1 Å². The minimum atomic E-state index is 0.406. The molecule has 88 valence electrons. The lowest BCUT2D eigenvalue weighted by Crippen LogP contribution is -2.40. The molecule has 1 aliphatic heterocycles. The minimum Gasteiger partial charge on any atom is -0.316 e. The molecule has 2 heteroatoms. The molecule has 1 aromatic carbocycles. The number of hydrogen-bond donors (Lipinski definition) is 0. The maximum Gasteiger partial charge on any atom is 0.192 e. The summed E-state index contributed by atoms with van der Waals surface area (Å²) in [5, 5.41) is 0. The summed E-state index contributed by atoms with van der Waals surface area (Å²) in [6.07, 6.45) is 0.753. The van der Waals surface area contributed by atoms with Gasteiger partial charge in [-0.15, -0.1) is 0 Å². The highest BCUT2D eigenvalue weighted by Crippen LogP contribution is 2.18. The van der Waals surface area contributed by atoms with Crippen molar-refractivity contribution in [3.63, 3.8) is 0 Å². The van der Waals surface area contributed by atoms with Crippen molar-refractivity contribution in [3.8, 4) is 0 Å². The lowest BCUT2D eigenvalue weighted by atomic mass is 10.2. The second-order valence-corrected chi connectivity index (χ2v) is 4.43. The number of Topliss-reactive ketones (excluding diaryl/α,β-unsaturated/α-hetero) is 1. The first kappa shape index (κ1) is 12.9. The van der Waals surface area contributed by atoms with Crippen LogP contribution in [0.25, 0.3) is 0 Å². The topological polar surface area (TPSA) is 17.1 Å². The van der Waals surface area contributed by atoms with Crippen LogP contribution >= 0.6 is 0 Å². The SMILES string of the molecule is CC.C[N+]1(Cc2ccccc2)CCC(=O)C1. The summed E-state index contributed by atoms with van der Waals surface area (Å²) in [5.74, 6) is 0.406. The monoisotopic (exact) mass is 220 g/mol. The Hall–Kier alpha value is -1.15. The molecule has 1 unspecified atom stereocenters. The molecule has 2 nitrogen and oxygen atoms in total. The van der Waals surface area contributed by atoms with Gasteiger partial charge in [0.2, 0.25) is 0 Å². The number of hydrogen-bond acceptors (Lipinski definition) is 1. The van der Waals surface area contributed by atoms with Crippen LogP contribution < -0.4 is 0 Å². The molecule has 0 saturated carbocycles. The molecule has 2 rings (SSSR count). The Bertz CT molecular complexity index is 334. The van der Waals surface area contributed by atoms with Crippen LogP contribution in [0.2, 0.25) is 0 Å². The van der Waals surface area contributed by atoms with Crippen LogP contribution in [0.5, 0.6) is 0 Å². The number of likely N-dealkylation sites (tertiary alicyclic amines) is 1. The van der Waals surface area contributed by atoms with E-state index in [4.69, 9.17) is 0 Å². The predicted molar refractivity (Wildman–Crippen MR) is 67.0 cm³/mol. The number of quaternary nitrogens is 1. The van der Waals surface area contributed by atoms with Crippen LogP contribution in [0, 0.1) is 0 Å². The third kappa shape index (κ3) is 3.46. The van der Waals surface area contributed by atoms with E-state index in [-0.39, 0.29) is 0 Å². The van der Waals surface area contributed by atoms with Crippen LogP contribution in [0.4, 0.5) is 0 Å². The van der Waals surface area contributed by atoms with E-state index in [1.807, 2.05) is 19.9 Å². The maximum atomic E-state index is 11.2. The first-order valence-electron chi connectivity index (χ1n) is 6.07. The summed E-state index contributed by atoms with van der Waals surface area (Å²) in [4.78, 5) is 11.2. The Morgan fingerprint density at radius 2 is 1.81 bits per heavy atom. The van der Waals surface area contributed by atoms with Gasteiger partial charge in [0.25, 0.3) is 0 Å². The fourth-order valence-electron chi connectivity index (χ4n) is 2.14.